The van der Waals surface area contributed by atoms with Gasteiger partial charge in [-0.15, -0.1) is 0 Å². The molecule has 3 aromatic rings. The van der Waals surface area contributed by atoms with Gasteiger partial charge >= 0.3 is 6.03 Å². The second kappa shape index (κ2) is 10.2. The van der Waals surface area contributed by atoms with Gasteiger partial charge in [0.1, 0.15) is 0 Å². The van der Waals surface area contributed by atoms with E-state index in [4.69, 9.17) is 0 Å². The molecule has 0 bridgehead atoms. The average Bonchev–Trinajstić information content (AvgIpc) is 3.15. The number of amides is 2. The number of nitrogens with zero attached hydrogens (tertiary/aromatic N) is 3. The van der Waals surface area contributed by atoms with Crippen LogP contribution < -0.4 is 5.32 Å². The minimum Gasteiger partial charge on any atom is -0.333 e. The highest BCUT2D eigenvalue weighted by atomic mass is 32.2. The smallest absolute Gasteiger partial charge is 0.318 e. The molecule has 1 N–H and O–H groups in total. The summed E-state index contributed by atoms with van der Waals surface area (Å²) in [6.07, 6.45) is 1.56. The zero-order valence-corrected chi connectivity index (χ0v) is 20.5. The Morgan fingerprint density at radius 3 is 2.12 bits per heavy atom. The van der Waals surface area contributed by atoms with Gasteiger partial charge in [0, 0.05) is 12.1 Å². The van der Waals surface area contributed by atoms with E-state index in [1.165, 1.54) is 0 Å². The summed E-state index contributed by atoms with van der Waals surface area (Å²) in [6.45, 7) is 8.74. The highest BCUT2D eigenvalue weighted by molar-refractivity contribution is 7.90. The van der Waals surface area contributed by atoms with Gasteiger partial charge in [0.2, 0.25) is 15.0 Å². The maximum absolute atomic E-state index is 13.3. The van der Waals surface area contributed by atoms with Crippen LogP contribution in [0.15, 0.2) is 72.0 Å². The molecule has 8 heteroatoms. The van der Waals surface area contributed by atoms with Crippen molar-refractivity contribution in [1.82, 2.24) is 19.8 Å². The van der Waals surface area contributed by atoms with Crippen molar-refractivity contribution in [2.24, 2.45) is 0 Å². The van der Waals surface area contributed by atoms with E-state index in [0.29, 0.717) is 24.3 Å². The number of sulfone groups is 1. The minimum atomic E-state index is -3.70. The second-order valence-electron chi connectivity index (χ2n) is 9.04. The average molecular weight is 469 g/mol. The fourth-order valence-electron chi connectivity index (χ4n) is 3.48. The van der Waals surface area contributed by atoms with Gasteiger partial charge in [-0.1, -0.05) is 60.7 Å². The number of hydrogen-bond acceptors (Lipinski definition) is 4. The molecule has 1 heterocycles. The third kappa shape index (κ3) is 6.68. The number of benzene rings is 2. The molecule has 0 radical (unpaired) electrons. The number of hydrogen-bond donors (Lipinski definition) is 1. The Labute approximate surface area is 196 Å². The van der Waals surface area contributed by atoms with Crippen LogP contribution in [-0.2, 0) is 28.7 Å². The van der Waals surface area contributed by atoms with Crippen molar-refractivity contribution in [2.45, 2.75) is 57.2 Å². The van der Waals surface area contributed by atoms with Crippen LogP contribution in [0.2, 0.25) is 0 Å². The van der Waals surface area contributed by atoms with Crippen molar-refractivity contribution in [3.8, 4) is 0 Å². The summed E-state index contributed by atoms with van der Waals surface area (Å²) in [6, 6.07) is 18.5. The Morgan fingerprint density at radius 1 is 1.00 bits per heavy atom. The molecule has 0 spiro atoms. The zero-order valence-electron chi connectivity index (χ0n) is 19.7. The highest BCUT2D eigenvalue weighted by Crippen LogP contribution is 2.20. The number of urea groups is 1. The van der Waals surface area contributed by atoms with Crippen molar-refractivity contribution < 1.29 is 13.2 Å². The predicted molar refractivity (Wildman–Crippen MR) is 129 cm³/mol. The molecule has 0 saturated carbocycles. The van der Waals surface area contributed by atoms with Crippen LogP contribution in [0.5, 0.6) is 0 Å². The Bertz CT molecular complexity index is 1170. The SMILES string of the molecule is CCN(Cc1cnc(S(=O)(=O)Cc2ccccc2)n1Cc1ccccc1)C(=O)NC(C)(C)C. The summed E-state index contributed by atoms with van der Waals surface area (Å²) in [4.78, 5) is 18.7. The fourth-order valence-corrected chi connectivity index (χ4v) is 4.97. The standard InChI is InChI=1S/C25H32N4O3S/c1-5-28(23(30)27-25(2,3)4)18-22-16-26-24(29(22)17-20-12-8-6-9-13-20)33(31,32)19-21-14-10-7-11-15-21/h6-16H,5,17-19H2,1-4H3,(H,27,30). The molecule has 0 aliphatic rings. The third-order valence-electron chi connectivity index (χ3n) is 5.07. The first-order valence-corrected chi connectivity index (χ1v) is 12.7. The largest absolute Gasteiger partial charge is 0.333 e. The topological polar surface area (TPSA) is 84.3 Å². The van der Waals surface area contributed by atoms with Gasteiger partial charge in [-0.05, 0) is 38.8 Å². The van der Waals surface area contributed by atoms with E-state index in [9.17, 15) is 13.2 Å². The summed E-state index contributed by atoms with van der Waals surface area (Å²) >= 11 is 0. The zero-order chi connectivity index (χ0) is 24.1. The van der Waals surface area contributed by atoms with Crippen LogP contribution in [0.1, 0.15) is 44.5 Å². The summed E-state index contributed by atoms with van der Waals surface area (Å²) in [5.41, 5.74) is 1.94. The lowest BCUT2D eigenvalue weighted by molar-refractivity contribution is 0.187. The van der Waals surface area contributed by atoms with Crippen LogP contribution in [0.25, 0.3) is 0 Å². The summed E-state index contributed by atoms with van der Waals surface area (Å²) < 4.78 is 28.4. The number of rotatable bonds is 8. The maximum atomic E-state index is 13.3. The first-order chi connectivity index (χ1) is 15.6. The second-order valence-corrected chi connectivity index (χ2v) is 10.9. The quantitative estimate of drug-likeness (QED) is 0.536. The van der Waals surface area contributed by atoms with Crippen LogP contribution in [0.4, 0.5) is 4.79 Å². The molecular weight excluding hydrogens is 436 g/mol. The molecule has 0 fully saturated rings. The molecular formula is C25H32N4O3S. The number of nitrogens with one attached hydrogen (secondary N) is 1. The number of imidazole rings is 1. The number of carbonyl (C=O) groups excluding carboxylic acids is 1. The molecule has 0 aliphatic carbocycles. The highest BCUT2D eigenvalue weighted by Gasteiger charge is 2.26. The van der Waals surface area contributed by atoms with E-state index < -0.39 is 9.84 Å². The summed E-state index contributed by atoms with van der Waals surface area (Å²) in [5.74, 6) is -0.138. The monoisotopic (exact) mass is 468 g/mol. The predicted octanol–water partition coefficient (Wildman–Crippen LogP) is 4.24. The fraction of sp³-hybridized carbons (Fsp3) is 0.360. The van der Waals surface area contributed by atoms with Crippen molar-refractivity contribution in [3.05, 3.63) is 83.7 Å². The number of aromatic nitrogens is 2. The third-order valence-corrected chi connectivity index (χ3v) is 6.66. The molecule has 0 aliphatic heterocycles. The van der Waals surface area contributed by atoms with Crippen LogP contribution in [-0.4, -0.2) is 41.0 Å². The van der Waals surface area contributed by atoms with Crippen LogP contribution in [0, 0.1) is 0 Å². The van der Waals surface area contributed by atoms with Gasteiger partial charge < -0.3 is 14.8 Å². The Hall–Kier alpha value is -3.13. The van der Waals surface area contributed by atoms with E-state index in [-0.39, 0.29) is 29.0 Å². The van der Waals surface area contributed by atoms with E-state index in [2.05, 4.69) is 10.3 Å². The Kier molecular flexibility index (Phi) is 7.58. The van der Waals surface area contributed by atoms with Gasteiger partial charge in [-0.25, -0.2) is 18.2 Å². The summed E-state index contributed by atoms with van der Waals surface area (Å²) in [5, 5.41) is 2.98. The van der Waals surface area contributed by atoms with Crippen molar-refractivity contribution in [3.63, 3.8) is 0 Å². The van der Waals surface area contributed by atoms with Crippen LogP contribution >= 0.6 is 0 Å². The normalized spacial score (nSPS) is 11.9. The van der Waals surface area contributed by atoms with Gasteiger partial charge in [0.25, 0.3) is 0 Å². The van der Waals surface area contributed by atoms with Gasteiger partial charge in [-0.3, -0.25) is 0 Å². The molecule has 2 aromatic carbocycles. The van der Waals surface area contributed by atoms with Crippen molar-refractivity contribution in [2.75, 3.05) is 6.54 Å². The van der Waals surface area contributed by atoms with Gasteiger partial charge in [0.15, 0.2) is 0 Å². The maximum Gasteiger partial charge on any atom is 0.318 e. The molecule has 1 aromatic heterocycles. The van der Waals surface area contributed by atoms with Gasteiger partial charge in [-0.2, -0.15) is 0 Å². The number of carbonyl (C=O) groups is 1. The molecule has 0 atom stereocenters. The lowest BCUT2D eigenvalue weighted by atomic mass is 10.1. The van der Waals surface area contributed by atoms with E-state index in [1.54, 1.807) is 27.8 Å². The first kappa shape index (κ1) is 24.5. The molecule has 7 nitrogen and oxygen atoms in total. The molecule has 176 valence electrons. The van der Waals surface area contributed by atoms with E-state index in [0.717, 1.165) is 5.56 Å². The lowest BCUT2D eigenvalue weighted by Crippen LogP contribution is -2.48. The van der Waals surface area contributed by atoms with Crippen molar-refractivity contribution in [1.29, 1.82) is 0 Å². The summed E-state index contributed by atoms with van der Waals surface area (Å²) in [7, 11) is -3.70. The molecule has 2 amide bonds. The molecule has 0 unspecified atom stereocenters. The van der Waals surface area contributed by atoms with Gasteiger partial charge in [0.05, 0.1) is 30.7 Å². The minimum absolute atomic E-state index is 0.0116. The molecule has 33 heavy (non-hydrogen) atoms. The Balaban J connectivity index is 1.97. The molecule has 0 saturated heterocycles. The Morgan fingerprint density at radius 2 is 1.58 bits per heavy atom. The van der Waals surface area contributed by atoms with Crippen molar-refractivity contribution >= 4 is 15.9 Å². The molecule has 3 rings (SSSR count). The lowest BCUT2D eigenvalue weighted by Gasteiger charge is -2.28. The first-order valence-electron chi connectivity index (χ1n) is 11.0. The van der Waals surface area contributed by atoms with Crippen LogP contribution in [0.3, 0.4) is 0 Å². The van der Waals surface area contributed by atoms with E-state index in [1.807, 2.05) is 76.2 Å². The van der Waals surface area contributed by atoms with E-state index >= 15 is 0 Å².